The van der Waals surface area contributed by atoms with E-state index in [0.717, 1.165) is 11.0 Å². The van der Waals surface area contributed by atoms with Gasteiger partial charge in [-0.05, 0) is 11.6 Å². The highest BCUT2D eigenvalue weighted by Gasteiger charge is 2.04. The number of pyridine rings is 1. The molecule has 14 heavy (non-hydrogen) atoms. The molecule has 0 radical (unpaired) electrons. The van der Waals surface area contributed by atoms with E-state index >= 15 is 0 Å². The molecule has 74 valence electrons. The summed E-state index contributed by atoms with van der Waals surface area (Å²) in [6, 6.07) is 1.77. The molecule has 2 aromatic heterocycles. The monoisotopic (exact) mass is 195 g/mol. The zero-order chi connectivity index (χ0) is 9.97. The van der Waals surface area contributed by atoms with Gasteiger partial charge in [0.15, 0.2) is 0 Å². The fourth-order valence-electron chi connectivity index (χ4n) is 1.34. The van der Waals surface area contributed by atoms with Gasteiger partial charge in [0, 0.05) is 6.20 Å². The molecular weight excluding hydrogens is 185 g/mol. The third kappa shape index (κ3) is 1.46. The highest BCUT2D eigenvalue weighted by atomic mass is 19.1. The van der Waals surface area contributed by atoms with Crippen LogP contribution in [-0.2, 0) is 13.2 Å². The van der Waals surface area contributed by atoms with Crippen LogP contribution in [0.2, 0.25) is 0 Å². The molecule has 0 atom stereocenters. The maximum atomic E-state index is 12.1. The van der Waals surface area contributed by atoms with E-state index in [9.17, 15) is 4.39 Å². The first-order chi connectivity index (χ1) is 6.85. The minimum atomic E-state index is -0.458. The Morgan fingerprint density at radius 3 is 3.00 bits per heavy atom. The molecule has 2 heterocycles. The molecule has 0 saturated heterocycles. The van der Waals surface area contributed by atoms with E-state index in [4.69, 9.17) is 5.11 Å². The second-order valence-corrected chi connectivity index (χ2v) is 2.96. The third-order valence-electron chi connectivity index (χ3n) is 2.03. The van der Waals surface area contributed by atoms with Crippen molar-refractivity contribution in [3.05, 3.63) is 24.0 Å². The second kappa shape index (κ2) is 3.71. The summed E-state index contributed by atoms with van der Waals surface area (Å²) in [5.74, 6) is 0. The molecule has 2 aromatic rings. The Balaban J connectivity index is 2.52. The number of aliphatic hydroxyl groups excluding tert-OH is 1. The van der Waals surface area contributed by atoms with E-state index in [2.05, 4.69) is 10.1 Å². The SMILES string of the molecule is OCc1cnc2cnn(CCF)c2c1. The average Bonchev–Trinajstić information content (AvgIpc) is 2.61. The number of nitrogens with zero attached hydrogens (tertiary/aromatic N) is 3. The van der Waals surface area contributed by atoms with Crippen LogP contribution < -0.4 is 0 Å². The Hall–Kier alpha value is -1.49. The van der Waals surface area contributed by atoms with Crippen molar-refractivity contribution < 1.29 is 9.50 Å². The molecule has 0 bridgehead atoms. The number of aromatic nitrogens is 3. The molecule has 0 spiro atoms. The predicted molar refractivity (Wildman–Crippen MR) is 49.4 cm³/mol. The molecule has 0 unspecified atom stereocenters. The number of fused-ring (bicyclic) bond motifs is 1. The molecule has 0 saturated carbocycles. The largest absolute Gasteiger partial charge is 0.392 e. The van der Waals surface area contributed by atoms with Crippen molar-refractivity contribution in [3.63, 3.8) is 0 Å². The number of rotatable bonds is 3. The van der Waals surface area contributed by atoms with Crippen molar-refractivity contribution in [2.75, 3.05) is 6.67 Å². The van der Waals surface area contributed by atoms with Crippen molar-refractivity contribution in [2.45, 2.75) is 13.2 Å². The summed E-state index contributed by atoms with van der Waals surface area (Å²) in [4.78, 5) is 4.09. The predicted octanol–water partition coefficient (Wildman–Crippen LogP) is 0.893. The fourth-order valence-corrected chi connectivity index (χ4v) is 1.34. The standard InChI is InChI=1S/C9H10FN3O/c10-1-2-13-9-3-7(6-14)4-11-8(9)5-12-13/h3-5,14H,1-2,6H2. The lowest BCUT2D eigenvalue weighted by atomic mass is 10.2. The van der Waals surface area contributed by atoms with Gasteiger partial charge >= 0.3 is 0 Å². The molecule has 0 aliphatic rings. The molecule has 0 fully saturated rings. The number of halogens is 1. The first kappa shape index (κ1) is 9.08. The number of aliphatic hydroxyl groups is 1. The Bertz CT molecular complexity index is 441. The fraction of sp³-hybridized carbons (Fsp3) is 0.333. The Morgan fingerprint density at radius 2 is 2.29 bits per heavy atom. The molecule has 1 N–H and O–H groups in total. The van der Waals surface area contributed by atoms with E-state index in [0.29, 0.717) is 5.56 Å². The summed E-state index contributed by atoms with van der Waals surface area (Å²) < 4.78 is 13.7. The highest BCUT2D eigenvalue weighted by molar-refractivity contribution is 5.74. The highest BCUT2D eigenvalue weighted by Crippen LogP contribution is 2.12. The summed E-state index contributed by atoms with van der Waals surface area (Å²) in [6.45, 7) is -0.302. The number of hydrogen-bond acceptors (Lipinski definition) is 3. The van der Waals surface area contributed by atoms with Gasteiger partial charge in [-0.1, -0.05) is 0 Å². The van der Waals surface area contributed by atoms with Crippen LogP contribution in [0.15, 0.2) is 18.5 Å². The topological polar surface area (TPSA) is 50.9 Å². The number of alkyl halides is 1. The van der Waals surface area contributed by atoms with E-state index in [1.807, 2.05) is 0 Å². The quantitative estimate of drug-likeness (QED) is 0.791. The van der Waals surface area contributed by atoms with Gasteiger partial charge in [0.25, 0.3) is 0 Å². The summed E-state index contributed by atoms with van der Waals surface area (Å²) in [5, 5.41) is 12.9. The van der Waals surface area contributed by atoms with Crippen molar-refractivity contribution in [2.24, 2.45) is 0 Å². The van der Waals surface area contributed by atoms with Gasteiger partial charge in [-0.25, -0.2) is 4.39 Å². The molecular formula is C9H10FN3O. The van der Waals surface area contributed by atoms with Crippen molar-refractivity contribution in [1.82, 2.24) is 14.8 Å². The lowest BCUT2D eigenvalue weighted by molar-refractivity contribution is 0.281. The van der Waals surface area contributed by atoms with Crippen LogP contribution in [0, 0.1) is 0 Å². The second-order valence-electron chi connectivity index (χ2n) is 2.96. The lowest BCUT2D eigenvalue weighted by Crippen LogP contribution is -2.01. The van der Waals surface area contributed by atoms with Gasteiger partial charge in [0.2, 0.25) is 0 Å². The molecule has 2 rings (SSSR count). The minimum absolute atomic E-state index is 0.0657. The maximum Gasteiger partial charge on any atom is 0.109 e. The van der Waals surface area contributed by atoms with Crippen LogP contribution in [0.3, 0.4) is 0 Å². The van der Waals surface area contributed by atoms with Crippen LogP contribution in [0.4, 0.5) is 4.39 Å². The Morgan fingerprint density at radius 1 is 1.43 bits per heavy atom. The summed E-state index contributed by atoms with van der Waals surface area (Å²) in [6.07, 6.45) is 3.18. The van der Waals surface area contributed by atoms with Crippen LogP contribution in [0.1, 0.15) is 5.56 Å². The molecule has 0 amide bonds. The third-order valence-corrected chi connectivity index (χ3v) is 2.03. The van der Waals surface area contributed by atoms with Gasteiger partial charge in [-0.15, -0.1) is 0 Å². The van der Waals surface area contributed by atoms with Crippen LogP contribution >= 0.6 is 0 Å². The van der Waals surface area contributed by atoms with Crippen molar-refractivity contribution >= 4 is 11.0 Å². The van der Waals surface area contributed by atoms with Crippen molar-refractivity contribution in [3.8, 4) is 0 Å². The van der Waals surface area contributed by atoms with E-state index in [-0.39, 0.29) is 13.2 Å². The van der Waals surface area contributed by atoms with Crippen LogP contribution in [-0.4, -0.2) is 26.5 Å². The smallest absolute Gasteiger partial charge is 0.109 e. The summed E-state index contributed by atoms with van der Waals surface area (Å²) in [7, 11) is 0. The normalized spacial score (nSPS) is 11.0. The number of hydrogen-bond donors (Lipinski definition) is 1. The number of aryl methyl sites for hydroxylation is 1. The van der Waals surface area contributed by atoms with Gasteiger partial charge in [-0.2, -0.15) is 5.10 Å². The molecule has 5 heteroatoms. The Kier molecular flexibility index (Phi) is 2.41. The Labute approximate surface area is 80.0 Å². The van der Waals surface area contributed by atoms with Gasteiger partial charge in [0.1, 0.15) is 12.2 Å². The van der Waals surface area contributed by atoms with Crippen LogP contribution in [0.5, 0.6) is 0 Å². The average molecular weight is 195 g/mol. The van der Waals surface area contributed by atoms with Gasteiger partial charge in [0.05, 0.1) is 24.9 Å². The summed E-state index contributed by atoms with van der Waals surface area (Å²) in [5.41, 5.74) is 2.18. The van der Waals surface area contributed by atoms with Crippen LogP contribution in [0.25, 0.3) is 11.0 Å². The lowest BCUT2D eigenvalue weighted by Gasteiger charge is -2.00. The van der Waals surface area contributed by atoms with Gasteiger partial charge < -0.3 is 5.11 Å². The first-order valence-corrected chi connectivity index (χ1v) is 4.32. The summed E-state index contributed by atoms with van der Waals surface area (Å²) >= 11 is 0. The van der Waals surface area contributed by atoms with Gasteiger partial charge in [-0.3, -0.25) is 9.67 Å². The molecule has 0 aromatic carbocycles. The zero-order valence-electron chi connectivity index (χ0n) is 7.52. The van der Waals surface area contributed by atoms with E-state index in [1.54, 1.807) is 23.1 Å². The molecule has 0 aliphatic carbocycles. The molecule has 0 aliphatic heterocycles. The zero-order valence-corrected chi connectivity index (χ0v) is 7.52. The maximum absolute atomic E-state index is 12.1. The first-order valence-electron chi connectivity index (χ1n) is 4.32. The van der Waals surface area contributed by atoms with Crippen molar-refractivity contribution in [1.29, 1.82) is 0 Å². The van der Waals surface area contributed by atoms with E-state index < -0.39 is 6.67 Å². The van der Waals surface area contributed by atoms with E-state index in [1.165, 1.54) is 0 Å². The minimum Gasteiger partial charge on any atom is -0.392 e. The molecule has 4 nitrogen and oxygen atoms in total.